The number of benzene rings is 1. The topological polar surface area (TPSA) is 37.3 Å². The highest BCUT2D eigenvalue weighted by Crippen LogP contribution is 2.41. The number of hydrogen-bond donors (Lipinski definition) is 1. The monoisotopic (exact) mass is 222 g/mol. The zero-order valence-corrected chi connectivity index (χ0v) is 9.46. The van der Waals surface area contributed by atoms with Crippen molar-refractivity contribution in [3.63, 3.8) is 0 Å². The number of hydrogen-bond acceptors (Lipinski definition) is 2. The summed E-state index contributed by atoms with van der Waals surface area (Å²) in [5, 5.41) is 8.82. The van der Waals surface area contributed by atoms with E-state index in [0.717, 1.165) is 17.7 Å². The third-order valence-electron chi connectivity index (χ3n) is 2.58. The number of carboxylic acids is 1. The van der Waals surface area contributed by atoms with E-state index < -0.39 is 5.97 Å². The summed E-state index contributed by atoms with van der Waals surface area (Å²) in [4.78, 5) is 12.1. The number of thioether (sulfide) groups is 1. The molecule has 1 saturated carbocycles. The molecule has 1 N–H and O–H groups in total. The minimum atomic E-state index is -0.678. The number of aliphatic carboxylic acids is 1. The van der Waals surface area contributed by atoms with Crippen molar-refractivity contribution in [2.24, 2.45) is 5.92 Å². The molecule has 1 aliphatic rings. The quantitative estimate of drug-likeness (QED) is 0.796. The lowest BCUT2D eigenvalue weighted by molar-refractivity contribution is -0.136. The molecule has 0 radical (unpaired) electrons. The predicted octanol–water partition coefficient (Wildman–Crippen LogP) is 2.95. The highest BCUT2D eigenvalue weighted by atomic mass is 32.2. The van der Waals surface area contributed by atoms with Gasteiger partial charge in [0.1, 0.15) is 5.25 Å². The first-order valence-electron chi connectivity index (χ1n) is 5.13. The van der Waals surface area contributed by atoms with Crippen molar-refractivity contribution in [3.8, 4) is 0 Å². The molecule has 0 aromatic heterocycles. The molecule has 15 heavy (non-hydrogen) atoms. The lowest BCUT2D eigenvalue weighted by atomic mass is 10.2. The van der Waals surface area contributed by atoms with Gasteiger partial charge in [0, 0.05) is 4.90 Å². The first-order chi connectivity index (χ1) is 7.16. The third kappa shape index (κ3) is 2.75. The molecule has 0 bridgehead atoms. The summed E-state index contributed by atoms with van der Waals surface area (Å²) < 4.78 is 0. The Morgan fingerprint density at radius 3 is 2.47 bits per heavy atom. The lowest BCUT2D eigenvalue weighted by Crippen LogP contribution is -2.18. The maximum absolute atomic E-state index is 11.0. The molecule has 2 rings (SSSR count). The Morgan fingerprint density at radius 1 is 1.40 bits per heavy atom. The molecule has 80 valence electrons. The van der Waals surface area contributed by atoms with Gasteiger partial charge in [-0.3, -0.25) is 4.79 Å². The molecule has 1 fully saturated rings. The van der Waals surface area contributed by atoms with Gasteiger partial charge in [-0.2, -0.15) is 0 Å². The van der Waals surface area contributed by atoms with Crippen LogP contribution in [0.3, 0.4) is 0 Å². The molecule has 0 amide bonds. The summed E-state index contributed by atoms with van der Waals surface area (Å²) in [5.74, 6) is -0.295. The van der Waals surface area contributed by atoms with E-state index >= 15 is 0 Å². The summed E-state index contributed by atoms with van der Waals surface area (Å²) in [7, 11) is 0. The van der Waals surface area contributed by atoms with Crippen molar-refractivity contribution in [1.29, 1.82) is 0 Å². The van der Waals surface area contributed by atoms with Gasteiger partial charge in [0.05, 0.1) is 0 Å². The van der Waals surface area contributed by atoms with Crippen LogP contribution in [0.1, 0.15) is 18.4 Å². The van der Waals surface area contributed by atoms with Crippen LogP contribution in [0.15, 0.2) is 29.2 Å². The van der Waals surface area contributed by atoms with Gasteiger partial charge in [-0.1, -0.05) is 17.7 Å². The Kier molecular flexibility index (Phi) is 3.00. The number of carbonyl (C=O) groups is 1. The predicted molar refractivity (Wildman–Crippen MR) is 61.2 cm³/mol. The van der Waals surface area contributed by atoms with E-state index in [9.17, 15) is 4.79 Å². The zero-order chi connectivity index (χ0) is 10.8. The highest BCUT2D eigenvalue weighted by molar-refractivity contribution is 8.00. The molecular weight excluding hydrogens is 208 g/mol. The molecule has 1 aromatic rings. The summed E-state index contributed by atoms with van der Waals surface area (Å²) >= 11 is 1.48. The van der Waals surface area contributed by atoms with E-state index in [2.05, 4.69) is 0 Å². The highest BCUT2D eigenvalue weighted by Gasteiger charge is 2.36. The van der Waals surface area contributed by atoms with Crippen LogP contribution in [-0.4, -0.2) is 16.3 Å². The SMILES string of the molecule is Cc1ccc(SC(C(=O)O)C2CC2)cc1. The normalized spacial score (nSPS) is 17.4. The van der Waals surface area contributed by atoms with Gasteiger partial charge >= 0.3 is 5.97 Å². The maximum Gasteiger partial charge on any atom is 0.317 e. The average Bonchev–Trinajstić information content (AvgIpc) is 3.00. The van der Waals surface area contributed by atoms with Crippen molar-refractivity contribution in [2.75, 3.05) is 0 Å². The van der Waals surface area contributed by atoms with Gasteiger partial charge in [-0.15, -0.1) is 11.8 Å². The zero-order valence-electron chi connectivity index (χ0n) is 8.64. The van der Waals surface area contributed by atoms with Crippen LogP contribution >= 0.6 is 11.8 Å². The van der Waals surface area contributed by atoms with E-state index in [4.69, 9.17) is 5.11 Å². The molecule has 1 aliphatic carbocycles. The van der Waals surface area contributed by atoms with Crippen LogP contribution in [0.4, 0.5) is 0 Å². The van der Waals surface area contributed by atoms with Crippen molar-refractivity contribution in [3.05, 3.63) is 29.8 Å². The fraction of sp³-hybridized carbons (Fsp3) is 0.417. The van der Waals surface area contributed by atoms with Gasteiger partial charge in [0.2, 0.25) is 0 Å². The molecular formula is C12H14O2S. The maximum atomic E-state index is 11.0. The van der Waals surface area contributed by atoms with E-state index in [1.807, 2.05) is 31.2 Å². The van der Waals surface area contributed by atoms with Gasteiger partial charge in [0.15, 0.2) is 0 Å². The van der Waals surface area contributed by atoms with Crippen LogP contribution in [-0.2, 0) is 4.79 Å². The standard InChI is InChI=1S/C12H14O2S/c1-8-2-6-10(7-3-8)15-11(12(13)14)9-4-5-9/h2-3,6-7,9,11H,4-5H2,1H3,(H,13,14). The Balaban J connectivity index is 2.05. The van der Waals surface area contributed by atoms with Gasteiger partial charge < -0.3 is 5.11 Å². The van der Waals surface area contributed by atoms with Gasteiger partial charge in [-0.25, -0.2) is 0 Å². The van der Waals surface area contributed by atoms with Crippen LogP contribution in [0.5, 0.6) is 0 Å². The van der Waals surface area contributed by atoms with Crippen molar-refractivity contribution < 1.29 is 9.90 Å². The minimum absolute atomic E-state index is 0.257. The molecule has 0 aliphatic heterocycles. The Labute approximate surface area is 93.7 Å². The van der Waals surface area contributed by atoms with Crippen LogP contribution < -0.4 is 0 Å². The lowest BCUT2D eigenvalue weighted by Gasteiger charge is -2.10. The molecule has 1 unspecified atom stereocenters. The molecule has 1 aromatic carbocycles. The second-order valence-corrected chi connectivity index (χ2v) is 5.24. The number of aryl methyl sites for hydroxylation is 1. The smallest absolute Gasteiger partial charge is 0.317 e. The molecule has 1 atom stereocenters. The fourth-order valence-corrected chi connectivity index (χ4v) is 2.66. The molecule has 3 heteroatoms. The van der Waals surface area contributed by atoms with E-state index in [0.29, 0.717) is 5.92 Å². The molecule has 0 heterocycles. The summed E-state index contributed by atoms with van der Waals surface area (Å²) in [6.07, 6.45) is 2.13. The fourth-order valence-electron chi connectivity index (χ4n) is 1.51. The molecule has 2 nitrogen and oxygen atoms in total. The van der Waals surface area contributed by atoms with Crippen LogP contribution in [0, 0.1) is 12.8 Å². The first-order valence-corrected chi connectivity index (χ1v) is 6.01. The minimum Gasteiger partial charge on any atom is -0.480 e. The second-order valence-electron chi connectivity index (χ2n) is 4.03. The summed E-state index contributed by atoms with van der Waals surface area (Å²) in [6, 6.07) is 8.04. The van der Waals surface area contributed by atoms with E-state index in [-0.39, 0.29) is 5.25 Å². The largest absolute Gasteiger partial charge is 0.480 e. The Morgan fingerprint density at radius 2 is 2.00 bits per heavy atom. The number of carboxylic acid groups (broad SMARTS) is 1. The van der Waals surface area contributed by atoms with E-state index in [1.54, 1.807) is 0 Å². The van der Waals surface area contributed by atoms with Crippen molar-refractivity contribution in [2.45, 2.75) is 29.9 Å². The van der Waals surface area contributed by atoms with Crippen LogP contribution in [0.2, 0.25) is 0 Å². The van der Waals surface area contributed by atoms with Crippen molar-refractivity contribution in [1.82, 2.24) is 0 Å². The molecule has 0 spiro atoms. The summed E-state index contributed by atoms with van der Waals surface area (Å²) in [5.41, 5.74) is 1.21. The third-order valence-corrected chi connectivity index (χ3v) is 3.96. The first kappa shape index (κ1) is 10.6. The van der Waals surface area contributed by atoms with Gasteiger partial charge in [0.25, 0.3) is 0 Å². The summed E-state index contributed by atoms with van der Waals surface area (Å²) in [6.45, 7) is 2.03. The Bertz CT molecular complexity index is 354. The second kappa shape index (κ2) is 4.27. The van der Waals surface area contributed by atoms with Crippen molar-refractivity contribution >= 4 is 17.7 Å². The van der Waals surface area contributed by atoms with Gasteiger partial charge in [-0.05, 0) is 37.8 Å². The number of rotatable bonds is 4. The molecule has 0 saturated heterocycles. The average molecular weight is 222 g/mol. The van der Waals surface area contributed by atoms with Crippen LogP contribution in [0.25, 0.3) is 0 Å². The Hall–Kier alpha value is -0.960. The van der Waals surface area contributed by atoms with E-state index in [1.165, 1.54) is 17.3 Å².